The Hall–Kier alpha value is -2.27. The van der Waals surface area contributed by atoms with Crippen LogP contribution in [-0.4, -0.2) is 33.2 Å². The fourth-order valence-electron chi connectivity index (χ4n) is 2.89. The molecular formula is C19H17IN4O3S. The van der Waals surface area contributed by atoms with E-state index >= 15 is 0 Å². The summed E-state index contributed by atoms with van der Waals surface area (Å²) in [5.74, 6) is 1.74. The average Bonchev–Trinajstić information content (AvgIpc) is 2.86. The number of halogens is 1. The maximum Gasteiger partial charge on any atom is 0.247 e. The number of benzene rings is 2. The van der Waals surface area contributed by atoms with Gasteiger partial charge in [-0.3, -0.25) is 0 Å². The highest BCUT2D eigenvalue weighted by atomic mass is 127. The lowest BCUT2D eigenvalue weighted by atomic mass is 10.1. The molecule has 2 N–H and O–H groups in total. The Morgan fingerprint density at radius 2 is 2.11 bits per heavy atom. The monoisotopic (exact) mass is 508 g/mol. The summed E-state index contributed by atoms with van der Waals surface area (Å²) in [7, 11) is 1.52. The standard InChI is InChI=1S/C19H17IN4O3S/c1-3-28-19-22-18-15(23-24-19)11-6-4-5-7-13(11)21-17(27-18)10-8-12(20)16(25)14(9-10)26-2/h4-9,17,21,25H,3H2,1-2H3/t17-/m1/s1. The van der Waals surface area contributed by atoms with Crippen LogP contribution in [0.3, 0.4) is 0 Å². The Morgan fingerprint density at radius 1 is 1.29 bits per heavy atom. The van der Waals surface area contributed by atoms with E-state index < -0.39 is 6.23 Å². The Morgan fingerprint density at radius 3 is 2.89 bits per heavy atom. The Balaban J connectivity index is 1.84. The molecule has 1 aromatic heterocycles. The molecule has 0 saturated heterocycles. The number of aromatic hydroxyl groups is 1. The Kier molecular flexibility index (Phi) is 5.44. The van der Waals surface area contributed by atoms with Gasteiger partial charge in [0.1, 0.15) is 0 Å². The second kappa shape index (κ2) is 8.00. The molecule has 28 heavy (non-hydrogen) atoms. The number of methoxy groups -OCH3 is 1. The van der Waals surface area contributed by atoms with Gasteiger partial charge in [-0.25, -0.2) is 0 Å². The predicted molar refractivity (Wildman–Crippen MR) is 116 cm³/mol. The number of anilines is 1. The molecule has 0 spiro atoms. The van der Waals surface area contributed by atoms with E-state index in [-0.39, 0.29) is 5.75 Å². The number of hydrogen-bond acceptors (Lipinski definition) is 8. The van der Waals surface area contributed by atoms with Crippen molar-refractivity contribution >= 4 is 40.0 Å². The molecule has 7 nitrogen and oxygen atoms in total. The summed E-state index contributed by atoms with van der Waals surface area (Å²) in [6, 6.07) is 11.4. The lowest BCUT2D eigenvalue weighted by Crippen LogP contribution is -2.17. The van der Waals surface area contributed by atoms with Gasteiger partial charge in [0.2, 0.25) is 11.0 Å². The van der Waals surface area contributed by atoms with Crippen LogP contribution in [0.2, 0.25) is 0 Å². The Labute approximate surface area is 180 Å². The van der Waals surface area contributed by atoms with Crippen molar-refractivity contribution in [3.8, 4) is 28.6 Å². The first-order chi connectivity index (χ1) is 13.6. The number of fused-ring (bicyclic) bond motifs is 3. The fraction of sp³-hybridized carbons (Fsp3) is 0.211. The van der Waals surface area contributed by atoms with Crippen LogP contribution in [0.25, 0.3) is 11.3 Å². The number of phenols is 1. The van der Waals surface area contributed by atoms with Crippen molar-refractivity contribution in [3.05, 3.63) is 45.5 Å². The molecule has 3 aromatic rings. The maximum absolute atomic E-state index is 10.2. The molecule has 1 atom stereocenters. The molecule has 144 valence electrons. The summed E-state index contributed by atoms with van der Waals surface area (Å²) in [6.45, 7) is 2.03. The van der Waals surface area contributed by atoms with E-state index in [9.17, 15) is 5.11 Å². The lowest BCUT2D eigenvalue weighted by Gasteiger charge is -2.20. The van der Waals surface area contributed by atoms with E-state index in [1.807, 2.05) is 37.3 Å². The van der Waals surface area contributed by atoms with Gasteiger partial charge in [-0.05, 0) is 46.5 Å². The first kappa shape index (κ1) is 19.1. The lowest BCUT2D eigenvalue weighted by molar-refractivity contribution is 0.224. The summed E-state index contributed by atoms with van der Waals surface area (Å²) in [5, 5.41) is 22.7. The summed E-state index contributed by atoms with van der Waals surface area (Å²) in [6.07, 6.45) is -0.540. The molecule has 0 bridgehead atoms. The number of hydrogen-bond donors (Lipinski definition) is 2. The molecule has 0 fully saturated rings. The van der Waals surface area contributed by atoms with E-state index in [0.29, 0.717) is 26.1 Å². The zero-order chi connectivity index (χ0) is 19.7. The molecule has 9 heteroatoms. The van der Waals surface area contributed by atoms with Crippen molar-refractivity contribution in [2.45, 2.75) is 18.3 Å². The second-order valence-electron chi connectivity index (χ2n) is 5.92. The van der Waals surface area contributed by atoms with Crippen LogP contribution in [0, 0.1) is 3.57 Å². The van der Waals surface area contributed by atoms with Crippen molar-refractivity contribution in [2.75, 3.05) is 18.2 Å². The summed E-state index contributed by atoms with van der Waals surface area (Å²) >= 11 is 3.57. The zero-order valence-electron chi connectivity index (χ0n) is 15.1. The number of para-hydroxylation sites is 1. The minimum absolute atomic E-state index is 0.104. The summed E-state index contributed by atoms with van der Waals surface area (Å²) in [4.78, 5) is 4.56. The van der Waals surface area contributed by atoms with Crippen LogP contribution in [0.4, 0.5) is 5.69 Å². The van der Waals surface area contributed by atoms with Gasteiger partial charge >= 0.3 is 0 Å². The minimum atomic E-state index is -0.540. The number of thioether (sulfide) groups is 1. The van der Waals surface area contributed by atoms with Crippen molar-refractivity contribution in [3.63, 3.8) is 0 Å². The van der Waals surface area contributed by atoms with Gasteiger partial charge in [-0.1, -0.05) is 36.9 Å². The third-order valence-corrected chi connectivity index (χ3v) is 5.72. The molecule has 1 aliphatic heterocycles. The van der Waals surface area contributed by atoms with Gasteiger partial charge in [0.15, 0.2) is 23.4 Å². The highest BCUT2D eigenvalue weighted by molar-refractivity contribution is 14.1. The number of phenolic OH excluding ortho intramolecular Hbond substituents is 1. The van der Waals surface area contributed by atoms with Gasteiger partial charge in [-0.15, -0.1) is 10.2 Å². The SMILES string of the molecule is CCSc1nnc2c(n1)O[C@H](c1cc(I)c(O)c(OC)c1)Nc1ccccc1-2. The Bertz CT molecular complexity index is 1030. The number of nitrogens with one attached hydrogen (secondary N) is 1. The smallest absolute Gasteiger partial charge is 0.247 e. The van der Waals surface area contributed by atoms with E-state index in [4.69, 9.17) is 9.47 Å². The van der Waals surface area contributed by atoms with Crippen LogP contribution in [0.1, 0.15) is 18.7 Å². The number of nitrogens with zero attached hydrogens (tertiary/aromatic N) is 3. The second-order valence-corrected chi connectivity index (χ2v) is 8.32. The molecule has 0 amide bonds. The van der Waals surface area contributed by atoms with Crippen molar-refractivity contribution in [1.82, 2.24) is 15.2 Å². The van der Waals surface area contributed by atoms with Gasteiger partial charge in [0, 0.05) is 16.8 Å². The van der Waals surface area contributed by atoms with Gasteiger partial charge in [-0.2, -0.15) is 4.98 Å². The molecule has 0 unspecified atom stereocenters. The zero-order valence-corrected chi connectivity index (χ0v) is 18.1. The molecule has 4 rings (SSSR count). The average molecular weight is 508 g/mol. The first-order valence-electron chi connectivity index (χ1n) is 8.57. The van der Waals surface area contributed by atoms with E-state index in [0.717, 1.165) is 22.6 Å². The van der Waals surface area contributed by atoms with Crippen LogP contribution in [-0.2, 0) is 0 Å². The summed E-state index contributed by atoms with van der Waals surface area (Å²) in [5.41, 5.74) is 3.12. The molecule has 2 aromatic carbocycles. The molecule has 0 aliphatic carbocycles. The minimum Gasteiger partial charge on any atom is -0.504 e. The number of ether oxygens (including phenoxy) is 2. The first-order valence-corrected chi connectivity index (χ1v) is 10.6. The van der Waals surface area contributed by atoms with E-state index in [1.165, 1.54) is 18.9 Å². The maximum atomic E-state index is 10.2. The largest absolute Gasteiger partial charge is 0.504 e. The van der Waals surface area contributed by atoms with Crippen LogP contribution in [0.15, 0.2) is 41.6 Å². The van der Waals surface area contributed by atoms with Gasteiger partial charge in [0.25, 0.3) is 0 Å². The van der Waals surface area contributed by atoms with Gasteiger partial charge < -0.3 is 19.9 Å². The van der Waals surface area contributed by atoms with Crippen LogP contribution in [0.5, 0.6) is 17.4 Å². The molecule has 2 heterocycles. The number of aromatic nitrogens is 3. The molecule has 0 saturated carbocycles. The summed E-state index contributed by atoms with van der Waals surface area (Å²) < 4.78 is 12.2. The van der Waals surface area contributed by atoms with Crippen molar-refractivity contribution in [2.24, 2.45) is 0 Å². The number of rotatable bonds is 4. The topological polar surface area (TPSA) is 89.4 Å². The highest BCUT2D eigenvalue weighted by Gasteiger charge is 2.27. The van der Waals surface area contributed by atoms with E-state index in [2.05, 4.69) is 43.1 Å². The quantitative estimate of drug-likeness (QED) is 0.394. The molecule has 1 aliphatic rings. The fourth-order valence-corrected chi connectivity index (χ4v) is 4.02. The van der Waals surface area contributed by atoms with Gasteiger partial charge in [0.05, 0.1) is 10.7 Å². The highest BCUT2D eigenvalue weighted by Crippen LogP contribution is 2.41. The van der Waals surface area contributed by atoms with Crippen LogP contribution < -0.4 is 14.8 Å². The van der Waals surface area contributed by atoms with Crippen molar-refractivity contribution < 1.29 is 14.6 Å². The normalized spacial score (nSPS) is 14.9. The third kappa shape index (κ3) is 3.55. The third-order valence-electron chi connectivity index (χ3n) is 4.18. The van der Waals surface area contributed by atoms with E-state index in [1.54, 1.807) is 6.07 Å². The molecular weight excluding hydrogens is 491 g/mol. The van der Waals surface area contributed by atoms with Crippen molar-refractivity contribution in [1.29, 1.82) is 0 Å². The van der Waals surface area contributed by atoms with Crippen LogP contribution >= 0.6 is 34.4 Å². The molecule has 0 radical (unpaired) electrons. The predicted octanol–water partition coefficient (Wildman–Crippen LogP) is 4.47.